The summed E-state index contributed by atoms with van der Waals surface area (Å²) in [7, 11) is 1.29. The Balaban J connectivity index is -0.000000330. The molecule has 10 nitrogen and oxygen atoms in total. The van der Waals surface area contributed by atoms with Crippen molar-refractivity contribution < 1.29 is 67.5 Å². The number of ether oxygens (including phenoxy) is 3. The third kappa shape index (κ3) is 16.5. The van der Waals surface area contributed by atoms with Crippen LogP contribution in [0.1, 0.15) is 54.4 Å². The Bertz CT molecular complexity index is 1410. The quantitative estimate of drug-likeness (QED) is 0.201. The molecule has 0 aliphatic carbocycles. The standard InChI is InChI=1S/C14H11BrFNO3.C13H9BrFNO3.3CH4.Li.2H2O/c1-19-14(18)13-3-2-9(7-17-13)8-20-12-5-10(15)4-11(16)6-12;14-9-3-10(15)5-11(4-9)19-7-8-1-2-12(13(17)18)16-6-8;;;;;;/h2-7H,8H2,1H3;1-6H,7H2,(H,17,18);3*1H4;;2*1H2/q;;;;;+1;;/p-1. The van der Waals surface area contributed by atoms with E-state index in [1.54, 1.807) is 30.3 Å². The fraction of sp³-hybridized carbons (Fsp3) is 0.200. The third-order valence-corrected chi connectivity index (χ3v) is 5.66. The SMILES string of the molecule is C.C.C.COC(=O)c1ccc(COc2cc(F)cc(Br)c2)cn1.O.O=C(O)c1ccc(COc2cc(F)cc(Br)c2)cn1.[Li+].[OH-]. The van der Waals surface area contributed by atoms with E-state index >= 15 is 0 Å². The smallest absolute Gasteiger partial charge is 0.870 e. The van der Waals surface area contributed by atoms with Crippen molar-refractivity contribution in [3.05, 3.63) is 116 Å². The Morgan fingerprint density at radius 3 is 1.47 bits per heavy atom. The van der Waals surface area contributed by atoms with E-state index in [1.807, 2.05) is 0 Å². The molecule has 0 amide bonds. The number of nitrogens with zero attached hydrogens (tertiary/aromatic N) is 2. The van der Waals surface area contributed by atoms with Crippen molar-refractivity contribution in [3.8, 4) is 11.5 Å². The van der Waals surface area contributed by atoms with E-state index in [2.05, 4.69) is 46.6 Å². The molecule has 15 heteroatoms. The molecule has 45 heavy (non-hydrogen) atoms. The summed E-state index contributed by atoms with van der Waals surface area (Å²) >= 11 is 6.36. The van der Waals surface area contributed by atoms with Gasteiger partial charge in [-0.2, -0.15) is 0 Å². The zero-order chi connectivity index (χ0) is 28.4. The van der Waals surface area contributed by atoms with E-state index in [1.165, 1.54) is 49.8 Å². The van der Waals surface area contributed by atoms with Crippen LogP contribution in [-0.2, 0) is 18.0 Å². The number of carbonyl (C=O) groups excluding carboxylic acids is 1. The first-order chi connectivity index (χ1) is 18.6. The number of aromatic nitrogens is 2. The second-order valence-corrected chi connectivity index (χ2v) is 9.52. The van der Waals surface area contributed by atoms with Gasteiger partial charge in [-0.1, -0.05) is 66.3 Å². The molecule has 2 heterocycles. The maximum absolute atomic E-state index is 13.2. The summed E-state index contributed by atoms with van der Waals surface area (Å²) in [4.78, 5) is 29.6. The van der Waals surface area contributed by atoms with Gasteiger partial charge in [0.15, 0.2) is 0 Å². The third-order valence-electron chi connectivity index (χ3n) is 4.75. The summed E-state index contributed by atoms with van der Waals surface area (Å²) in [6, 6.07) is 14.8. The molecule has 0 aliphatic rings. The van der Waals surface area contributed by atoms with Gasteiger partial charge in [-0.15, -0.1) is 0 Å². The van der Waals surface area contributed by atoms with Crippen molar-refractivity contribution in [2.24, 2.45) is 0 Å². The van der Waals surface area contributed by atoms with Gasteiger partial charge in [-0.25, -0.2) is 28.3 Å². The number of halogens is 4. The van der Waals surface area contributed by atoms with Crippen LogP contribution in [0.5, 0.6) is 11.5 Å². The fourth-order valence-electron chi connectivity index (χ4n) is 2.93. The average molecular weight is 756 g/mol. The van der Waals surface area contributed by atoms with Crippen molar-refractivity contribution in [1.82, 2.24) is 9.97 Å². The van der Waals surface area contributed by atoms with Gasteiger partial charge in [-0.3, -0.25) is 0 Å². The number of aromatic carboxylic acids is 1. The molecule has 0 saturated heterocycles. The minimum absolute atomic E-state index is 0. The first kappa shape index (κ1) is 48.5. The largest absolute Gasteiger partial charge is 1.00 e. The van der Waals surface area contributed by atoms with E-state index < -0.39 is 17.8 Å². The Morgan fingerprint density at radius 1 is 0.756 bits per heavy atom. The van der Waals surface area contributed by atoms with Gasteiger partial charge in [0.2, 0.25) is 0 Å². The summed E-state index contributed by atoms with van der Waals surface area (Å²) < 4.78 is 42.9. The number of hydrogen-bond donors (Lipinski definition) is 1. The Kier molecular flexibility index (Phi) is 25.8. The van der Waals surface area contributed by atoms with Gasteiger partial charge in [-0.05, 0) is 36.4 Å². The van der Waals surface area contributed by atoms with Gasteiger partial charge < -0.3 is 30.3 Å². The van der Waals surface area contributed by atoms with Crippen LogP contribution < -0.4 is 28.3 Å². The maximum atomic E-state index is 13.2. The normalized spacial score (nSPS) is 8.82. The van der Waals surface area contributed by atoms with Crippen LogP contribution in [0.3, 0.4) is 0 Å². The predicted octanol–water partition coefficient (Wildman–Crippen LogP) is 4.52. The average Bonchev–Trinajstić information content (AvgIpc) is 2.90. The van der Waals surface area contributed by atoms with Crippen LogP contribution in [0, 0.1) is 11.6 Å². The van der Waals surface area contributed by atoms with Gasteiger partial charge in [0, 0.05) is 44.6 Å². The van der Waals surface area contributed by atoms with Crippen LogP contribution in [-0.4, -0.2) is 45.1 Å². The number of pyridine rings is 2. The first-order valence-electron chi connectivity index (χ1n) is 11.0. The maximum Gasteiger partial charge on any atom is 1.00 e. The van der Waals surface area contributed by atoms with E-state index in [-0.39, 0.29) is 82.5 Å². The van der Waals surface area contributed by atoms with Gasteiger partial charge in [0.1, 0.15) is 47.7 Å². The molecule has 242 valence electrons. The molecule has 0 spiro atoms. The van der Waals surface area contributed by atoms with Gasteiger partial charge in [0.25, 0.3) is 0 Å². The number of carboxylic acid groups (broad SMARTS) is 1. The molecule has 4 aromatic rings. The molecule has 0 unspecified atom stereocenters. The van der Waals surface area contributed by atoms with Crippen molar-refractivity contribution in [2.75, 3.05) is 7.11 Å². The molecule has 0 saturated carbocycles. The van der Waals surface area contributed by atoms with Crippen molar-refractivity contribution >= 4 is 43.8 Å². The summed E-state index contributed by atoms with van der Waals surface area (Å²) in [5.74, 6) is -1.56. The molecule has 2 aromatic heterocycles. The summed E-state index contributed by atoms with van der Waals surface area (Å²) in [6.07, 6.45) is 2.93. The zero-order valence-corrected chi connectivity index (χ0v) is 25.4. The molecule has 2 aromatic carbocycles. The summed E-state index contributed by atoms with van der Waals surface area (Å²) in [6.45, 7) is 0.410. The monoisotopic (exact) mass is 754 g/mol. The van der Waals surface area contributed by atoms with E-state index in [0.29, 0.717) is 26.0 Å². The van der Waals surface area contributed by atoms with Crippen molar-refractivity contribution in [1.29, 1.82) is 0 Å². The minimum atomic E-state index is -1.08. The number of esters is 1. The second kappa shape index (κ2) is 23.9. The number of methoxy groups -OCH3 is 1. The van der Waals surface area contributed by atoms with Crippen LogP contribution >= 0.6 is 31.9 Å². The molecule has 0 fully saturated rings. The fourth-order valence-corrected chi connectivity index (χ4v) is 3.82. The van der Waals surface area contributed by atoms with Crippen molar-refractivity contribution in [2.45, 2.75) is 35.5 Å². The second-order valence-electron chi connectivity index (χ2n) is 7.69. The Hall–Kier alpha value is -3.38. The Morgan fingerprint density at radius 2 is 1.16 bits per heavy atom. The molecular formula is C30H35Br2F2LiN2O8. The van der Waals surface area contributed by atoms with E-state index in [0.717, 1.165) is 5.56 Å². The summed E-state index contributed by atoms with van der Waals surface area (Å²) in [5.41, 5.74) is 1.66. The summed E-state index contributed by atoms with van der Waals surface area (Å²) in [5, 5.41) is 8.70. The molecule has 0 bridgehead atoms. The minimum Gasteiger partial charge on any atom is -0.870 e. The van der Waals surface area contributed by atoms with Gasteiger partial charge >= 0.3 is 30.8 Å². The van der Waals surface area contributed by atoms with Crippen LogP contribution in [0.25, 0.3) is 0 Å². The van der Waals surface area contributed by atoms with Crippen molar-refractivity contribution in [3.63, 3.8) is 0 Å². The molecule has 0 atom stereocenters. The zero-order valence-electron chi connectivity index (χ0n) is 22.2. The Labute approximate surface area is 290 Å². The number of benzene rings is 2. The van der Waals surface area contributed by atoms with E-state index in [4.69, 9.17) is 14.6 Å². The van der Waals surface area contributed by atoms with Gasteiger partial charge in [0.05, 0.1) is 7.11 Å². The van der Waals surface area contributed by atoms with Crippen LogP contribution in [0.4, 0.5) is 8.78 Å². The first-order valence-corrected chi connectivity index (χ1v) is 12.6. The number of rotatable bonds is 8. The molecule has 4 rings (SSSR count). The predicted molar refractivity (Wildman–Crippen MR) is 169 cm³/mol. The van der Waals surface area contributed by atoms with Crippen LogP contribution in [0.15, 0.2) is 82.0 Å². The number of carbonyl (C=O) groups is 2. The molecule has 0 aliphatic heterocycles. The number of hydrogen-bond acceptors (Lipinski definition) is 8. The number of carboxylic acids is 1. The molecule has 4 N–H and O–H groups in total. The molecular weight excluding hydrogens is 721 g/mol. The molecule has 0 radical (unpaired) electrons. The van der Waals surface area contributed by atoms with Crippen LogP contribution in [0.2, 0.25) is 0 Å². The van der Waals surface area contributed by atoms with E-state index in [9.17, 15) is 18.4 Å². The topological polar surface area (TPSA) is 169 Å².